The number of benzene rings is 1. The molecule has 2 N–H and O–H groups in total. The van der Waals surface area contributed by atoms with Crippen molar-refractivity contribution in [3.8, 4) is 11.3 Å². The van der Waals surface area contributed by atoms with Gasteiger partial charge in [0.25, 0.3) is 0 Å². The van der Waals surface area contributed by atoms with Gasteiger partial charge in [-0.05, 0) is 55.8 Å². The number of nitrogens with one attached hydrogen (secondary N) is 1. The Bertz CT molecular complexity index is 744. The third-order valence-electron chi connectivity index (χ3n) is 3.06. The monoisotopic (exact) mass is 303 g/mol. The predicted molar refractivity (Wildman–Crippen MR) is 83.2 cm³/mol. The Kier molecular flexibility index (Phi) is 4.29. The van der Waals surface area contributed by atoms with Crippen LogP contribution in [0.15, 0.2) is 40.3 Å². The standard InChI is InChI=1S/C16H14ClNO3/c1-9(10(2)18)7-12-4-6-15(21-12)11-3-5-14(17)13(8-11)16(19)20/h3-8,18H,1-2H3,(H,19,20)/b9-7+,18-10?. The third-order valence-corrected chi connectivity index (χ3v) is 3.39. The molecule has 0 aliphatic carbocycles. The van der Waals surface area contributed by atoms with Crippen LogP contribution < -0.4 is 0 Å². The Hall–Kier alpha value is -2.33. The summed E-state index contributed by atoms with van der Waals surface area (Å²) >= 11 is 5.84. The lowest BCUT2D eigenvalue weighted by molar-refractivity contribution is 0.0697. The molecule has 0 radical (unpaired) electrons. The summed E-state index contributed by atoms with van der Waals surface area (Å²) < 4.78 is 5.66. The highest BCUT2D eigenvalue weighted by Gasteiger charge is 2.12. The first-order valence-corrected chi connectivity index (χ1v) is 6.63. The number of allylic oxidation sites excluding steroid dienone is 1. The summed E-state index contributed by atoms with van der Waals surface area (Å²) in [6.07, 6.45) is 1.76. The summed E-state index contributed by atoms with van der Waals surface area (Å²) in [5, 5.41) is 16.8. The van der Waals surface area contributed by atoms with Crippen LogP contribution in [0.3, 0.4) is 0 Å². The van der Waals surface area contributed by atoms with E-state index < -0.39 is 5.97 Å². The van der Waals surface area contributed by atoms with Gasteiger partial charge in [0.2, 0.25) is 0 Å². The van der Waals surface area contributed by atoms with Gasteiger partial charge in [-0.1, -0.05) is 11.6 Å². The maximum Gasteiger partial charge on any atom is 0.337 e. The van der Waals surface area contributed by atoms with Gasteiger partial charge in [0.1, 0.15) is 11.5 Å². The molecule has 5 heteroatoms. The lowest BCUT2D eigenvalue weighted by atomic mass is 10.1. The van der Waals surface area contributed by atoms with E-state index in [1.165, 1.54) is 12.1 Å². The van der Waals surface area contributed by atoms with E-state index in [4.69, 9.17) is 26.5 Å². The van der Waals surface area contributed by atoms with Crippen LogP contribution in [0.5, 0.6) is 0 Å². The van der Waals surface area contributed by atoms with Gasteiger partial charge in [0.15, 0.2) is 0 Å². The molecule has 1 heterocycles. The number of carboxylic acids is 1. The van der Waals surface area contributed by atoms with E-state index in [-0.39, 0.29) is 10.6 Å². The molecule has 0 saturated carbocycles. The van der Waals surface area contributed by atoms with E-state index in [9.17, 15) is 4.79 Å². The van der Waals surface area contributed by atoms with Crippen LogP contribution in [0.2, 0.25) is 5.02 Å². The van der Waals surface area contributed by atoms with Crippen molar-refractivity contribution in [1.29, 1.82) is 5.41 Å². The zero-order valence-electron chi connectivity index (χ0n) is 11.6. The number of hydrogen-bond donors (Lipinski definition) is 2. The van der Waals surface area contributed by atoms with E-state index in [1.54, 1.807) is 31.2 Å². The zero-order valence-corrected chi connectivity index (χ0v) is 12.4. The van der Waals surface area contributed by atoms with Crippen LogP contribution >= 0.6 is 11.6 Å². The second-order valence-corrected chi connectivity index (χ2v) is 5.06. The van der Waals surface area contributed by atoms with Crippen LogP contribution in [0.25, 0.3) is 17.4 Å². The number of halogens is 1. The minimum Gasteiger partial charge on any atom is -0.478 e. The second-order valence-electron chi connectivity index (χ2n) is 4.65. The minimum absolute atomic E-state index is 0.0363. The van der Waals surface area contributed by atoms with Crippen molar-refractivity contribution in [2.75, 3.05) is 0 Å². The molecule has 0 amide bonds. The summed E-state index contributed by atoms with van der Waals surface area (Å²) in [5.41, 5.74) is 1.95. The van der Waals surface area contributed by atoms with Crippen molar-refractivity contribution in [1.82, 2.24) is 0 Å². The fourth-order valence-corrected chi connectivity index (χ4v) is 1.95. The molecule has 0 atom stereocenters. The summed E-state index contributed by atoms with van der Waals surface area (Å²) in [7, 11) is 0. The van der Waals surface area contributed by atoms with Gasteiger partial charge >= 0.3 is 5.97 Å². The van der Waals surface area contributed by atoms with Gasteiger partial charge in [-0.3, -0.25) is 0 Å². The smallest absolute Gasteiger partial charge is 0.337 e. The summed E-state index contributed by atoms with van der Waals surface area (Å²) in [4.78, 5) is 11.1. The Labute approximate surface area is 127 Å². The van der Waals surface area contributed by atoms with Gasteiger partial charge in [-0.2, -0.15) is 0 Å². The lowest BCUT2D eigenvalue weighted by Crippen LogP contribution is -1.97. The molecule has 108 valence electrons. The summed E-state index contributed by atoms with van der Waals surface area (Å²) in [5.74, 6) is 0.0839. The molecule has 0 fully saturated rings. The second kappa shape index (κ2) is 5.97. The number of carboxylic acid groups (broad SMARTS) is 1. The molecule has 1 aromatic heterocycles. The van der Waals surface area contributed by atoms with Crippen LogP contribution in [0, 0.1) is 5.41 Å². The van der Waals surface area contributed by atoms with E-state index in [1.807, 2.05) is 6.92 Å². The Balaban J connectivity index is 2.38. The number of carbonyl (C=O) groups is 1. The zero-order chi connectivity index (χ0) is 15.6. The maximum atomic E-state index is 11.1. The molecular formula is C16H14ClNO3. The third kappa shape index (κ3) is 3.41. The van der Waals surface area contributed by atoms with Gasteiger partial charge in [0.05, 0.1) is 10.6 Å². The van der Waals surface area contributed by atoms with Crippen molar-refractivity contribution in [2.45, 2.75) is 13.8 Å². The molecule has 0 aliphatic rings. The van der Waals surface area contributed by atoms with Crippen LogP contribution in [0.1, 0.15) is 30.0 Å². The topological polar surface area (TPSA) is 74.3 Å². The number of rotatable bonds is 4. The molecule has 0 unspecified atom stereocenters. The first-order valence-electron chi connectivity index (χ1n) is 6.25. The van der Waals surface area contributed by atoms with Crippen LogP contribution in [0.4, 0.5) is 0 Å². The van der Waals surface area contributed by atoms with Crippen LogP contribution in [-0.2, 0) is 0 Å². The number of hydrogen-bond acceptors (Lipinski definition) is 3. The molecule has 4 nitrogen and oxygen atoms in total. The number of furan rings is 1. The summed E-state index contributed by atoms with van der Waals surface area (Å²) in [6.45, 7) is 3.53. The highest BCUT2D eigenvalue weighted by Crippen LogP contribution is 2.27. The average molecular weight is 304 g/mol. The maximum absolute atomic E-state index is 11.1. The van der Waals surface area contributed by atoms with Crippen LogP contribution in [-0.4, -0.2) is 16.8 Å². The van der Waals surface area contributed by atoms with Crippen molar-refractivity contribution in [2.24, 2.45) is 0 Å². The highest BCUT2D eigenvalue weighted by atomic mass is 35.5. The number of aromatic carboxylic acids is 1. The Morgan fingerprint density at radius 2 is 2.00 bits per heavy atom. The van der Waals surface area contributed by atoms with Gasteiger partial charge in [-0.25, -0.2) is 4.79 Å². The molecule has 2 rings (SSSR count). The lowest BCUT2D eigenvalue weighted by Gasteiger charge is -2.02. The normalized spacial score (nSPS) is 11.5. The first-order chi connectivity index (χ1) is 9.88. The fourth-order valence-electron chi connectivity index (χ4n) is 1.75. The largest absolute Gasteiger partial charge is 0.478 e. The van der Waals surface area contributed by atoms with Gasteiger partial charge in [0, 0.05) is 11.3 Å². The Morgan fingerprint density at radius 1 is 1.29 bits per heavy atom. The molecule has 0 aliphatic heterocycles. The van der Waals surface area contributed by atoms with Crippen molar-refractivity contribution in [3.05, 3.63) is 52.3 Å². The quantitative estimate of drug-likeness (QED) is 0.801. The molecule has 1 aromatic carbocycles. The van der Waals surface area contributed by atoms with Crippen molar-refractivity contribution >= 4 is 29.4 Å². The van der Waals surface area contributed by atoms with E-state index in [0.717, 1.165) is 5.57 Å². The summed E-state index contributed by atoms with van der Waals surface area (Å²) in [6, 6.07) is 8.25. The Morgan fingerprint density at radius 3 is 2.62 bits per heavy atom. The predicted octanol–water partition coefficient (Wildman–Crippen LogP) is 4.74. The molecule has 2 aromatic rings. The SMILES string of the molecule is CC(=N)/C(C)=C/c1ccc(-c2ccc(Cl)c(C(=O)O)c2)o1. The fraction of sp³-hybridized carbons (Fsp3) is 0.125. The van der Waals surface area contributed by atoms with Crippen molar-refractivity contribution in [3.63, 3.8) is 0 Å². The molecule has 0 bridgehead atoms. The molecular weight excluding hydrogens is 290 g/mol. The van der Waals surface area contributed by atoms with E-state index >= 15 is 0 Å². The molecule has 21 heavy (non-hydrogen) atoms. The minimum atomic E-state index is -1.08. The van der Waals surface area contributed by atoms with E-state index in [0.29, 0.717) is 22.8 Å². The van der Waals surface area contributed by atoms with E-state index in [2.05, 4.69) is 0 Å². The first kappa shape index (κ1) is 15.1. The van der Waals surface area contributed by atoms with Crippen molar-refractivity contribution < 1.29 is 14.3 Å². The van der Waals surface area contributed by atoms with Gasteiger partial charge < -0.3 is 14.9 Å². The van der Waals surface area contributed by atoms with Gasteiger partial charge in [-0.15, -0.1) is 0 Å². The average Bonchev–Trinajstić information content (AvgIpc) is 2.87. The molecule has 0 spiro atoms. The highest BCUT2D eigenvalue weighted by molar-refractivity contribution is 6.33. The molecule has 0 saturated heterocycles.